The van der Waals surface area contributed by atoms with Gasteiger partial charge in [0.2, 0.25) is 5.91 Å². The Hall–Kier alpha value is -3.25. The van der Waals surface area contributed by atoms with Gasteiger partial charge in [-0.15, -0.1) is 0 Å². The Morgan fingerprint density at radius 1 is 0.970 bits per heavy atom. The number of halogens is 2. The Morgan fingerprint density at radius 2 is 1.73 bits per heavy atom. The standard InChI is InChI=1S/C27H26F2N2O2/c28-24-13-10-20(15-25(24)29)23-17-31(18-27(23)14-4-7-26(32)30-27)16-19-8-11-22(12-9-19)33-21-5-2-1-3-6-21/h1-3,5-6,8-13,15,23H,4,7,14,16-18H2,(H,30,32)/t23-,27+/m0/s1. The highest BCUT2D eigenvalue weighted by molar-refractivity contribution is 5.78. The first-order chi connectivity index (χ1) is 16.0. The molecule has 0 saturated carbocycles. The topological polar surface area (TPSA) is 41.6 Å². The minimum absolute atomic E-state index is 0.0260. The molecule has 33 heavy (non-hydrogen) atoms. The molecule has 5 rings (SSSR count). The molecule has 4 nitrogen and oxygen atoms in total. The number of amides is 1. The molecule has 2 atom stereocenters. The second kappa shape index (κ2) is 8.94. The van der Waals surface area contributed by atoms with Gasteiger partial charge in [-0.2, -0.15) is 0 Å². The number of carbonyl (C=O) groups is 1. The van der Waals surface area contributed by atoms with E-state index in [9.17, 15) is 13.6 Å². The number of carbonyl (C=O) groups excluding carboxylic acids is 1. The number of rotatable bonds is 5. The first kappa shape index (κ1) is 21.6. The quantitative estimate of drug-likeness (QED) is 0.569. The fourth-order valence-electron chi connectivity index (χ4n) is 5.17. The van der Waals surface area contributed by atoms with Crippen LogP contribution in [-0.4, -0.2) is 29.4 Å². The summed E-state index contributed by atoms with van der Waals surface area (Å²) in [5.74, 6) is -0.225. The number of piperidine rings is 1. The van der Waals surface area contributed by atoms with Crippen molar-refractivity contribution < 1.29 is 18.3 Å². The number of ether oxygens (including phenoxy) is 1. The van der Waals surface area contributed by atoms with Crippen LogP contribution >= 0.6 is 0 Å². The van der Waals surface area contributed by atoms with Gasteiger partial charge in [-0.05, 0) is 60.4 Å². The van der Waals surface area contributed by atoms with Crippen molar-refractivity contribution in [3.05, 3.63) is 95.6 Å². The molecule has 2 aliphatic rings. The lowest BCUT2D eigenvalue weighted by Crippen LogP contribution is -2.56. The number of likely N-dealkylation sites (tertiary alicyclic amines) is 1. The fourth-order valence-corrected chi connectivity index (χ4v) is 5.17. The van der Waals surface area contributed by atoms with Crippen molar-refractivity contribution in [3.63, 3.8) is 0 Å². The SMILES string of the molecule is O=C1CCC[C@]2(CN(Cc3ccc(Oc4ccccc4)cc3)C[C@H]2c2ccc(F)c(F)c2)N1. The summed E-state index contributed by atoms with van der Waals surface area (Å²) < 4.78 is 33.4. The van der Waals surface area contributed by atoms with E-state index in [0.29, 0.717) is 26.1 Å². The van der Waals surface area contributed by atoms with Crippen LogP contribution in [0.25, 0.3) is 0 Å². The van der Waals surface area contributed by atoms with Gasteiger partial charge in [0.05, 0.1) is 5.54 Å². The van der Waals surface area contributed by atoms with Crippen LogP contribution in [0.4, 0.5) is 8.78 Å². The number of nitrogens with zero attached hydrogens (tertiary/aromatic N) is 1. The molecule has 2 saturated heterocycles. The highest BCUT2D eigenvalue weighted by Gasteiger charge is 2.49. The summed E-state index contributed by atoms with van der Waals surface area (Å²) in [5, 5.41) is 3.21. The number of nitrogens with one attached hydrogen (secondary N) is 1. The molecule has 0 aromatic heterocycles. The Labute approximate surface area is 192 Å². The molecule has 0 bridgehead atoms. The molecule has 2 heterocycles. The zero-order valence-electron chi connectivity index (χ0n) is 18.3. The van der Waals surface area contributed by atoms with E-state index in [1.807, 2.05) is 54.6 Å². The number of para-hydroxylation sites is 1. The van der Waals surface area contributed by atoms with E-state index in [4.69, 9.17) is 4.74 Å². The molecule has 0 radical (unpaired) electrons. The van der Waals surface area contributed by atoms with Crippen LogP contribution in [0.2, 0.25) is 0 Å². The Morgan fingerprint density at radius 3 is 2.45 bits per heavy atom. The van der Waals surface area contributed by atoms with E-state index in [2.05, 4.69) is 10.2 Å². The summed E-state index contributed by atoms with van der Waals surface area (Å²) in [7, 11) is 0. The predicted molar refractivity (Wildman–Crippen MR) is 122 cm³/mol. The molecular weight excluding hydrogens is 422 g/mol. The van der Waals surface area contributed by atoms with Gasteiger partial charge in [0.1, 0.15) is 11.5 Å². The van der Waals surface area contributed by atoms with Crippen LogP contribution in [0.1, 0.15) is 36.3 Å². The van der Waals surface area contributed by atoms with Crippen LogP contribution in [0, 0.1) is 11.6 Å². The molecule has 0 unspecified atom stereocenters. The lowest BCUT2D eigenvalue weighted by atomic mass is 9.76. The Kier molecular flexibility index (Phi) is 5.85. The maximum absolute atomic E-state index is 14.0. The predicted octanol–water partition coefficient (Wildman–Crippen LogP) is 5.40. The van der Waals surface area contributed by atoms with Gasteiger partial charge in [-0.3, -0.25) is 9.69 Å². The molecule has 1 amide bonds. The first-order valence-electron chi connectivity index (χ1n) is 11.3. The zero-order valence-corrected chi connectivity index (χ0v) is 18.3. The van der Waals surface area contributed by atoms with Gasteiger partial charge in [0.25, 0.3) is 0 Å². The lowest BCUT2D eigenvalue weighted by Gasteiger charge is -2.39. The van der Waals surface area contributed by atoms with E-state index in [1.54, 1.807) is 6.07 Å². The Bertz CT molecular complexity index is 1140. The fraction of sp³-hybridized carbons (Fsp3) is 0.296. The molecule has 2 fully saturated rings. The molecule has 0 aliphatic carbocycles. The van der Waals surface area contributed by atoms with E-state index in [-0.39, 0.29) is 11.8 Å². The summed E-state index contributed by atoms with van der Waals surface area (Å²) in [5.41, 5.74) is 1.39. The summed E-state index contributed by atoms with van der Waals surface area (Å²) in [6.07, 6.45) is 2.13. The molecule has 1 spiro atoms. The average Bonchev–Trinajstić information content (AvgIpc) is 3.14. The van der Waals surface area contributed by atoms with Crippen molar-refractivity contribution >= 4 is 5.91 Å². The van der Waals surface area contributed by atoms with Gasteiger partial charge in [0, 0.05) is 32.0 Å². The van der Waals surface area contributed by atoms with Crippen molar-refractivity contribution in [2.45, 2.75) is 37.3 Å². The van der Waals surface area contributed by atoms with Gasteiger partial charge in [0.15, 0.2) is 11.6 Å². The molecule has 2 aliphatic heterocycles. The third kappa shape index (κ3) is 4.62. The summed E-state index contributed by atoms with van der Waals surface area (Å²) in [4.78, 5) is 14.6. The smallest absolute Gasteiger partial charge is 0.220 e. The van der Waals surface area contributed by atoms with E-state index < -0.39 is 17.2 Å². The monoisotopic (exact) mass is 448 g/mol. The van der Waals surface area contributed by atoms with Crippen LogP contribution in [0.5, 0.6) is 11.5 Å². The molecular formula is C27H26F2N2O2. The molecule has 6 heteroatoms. The van der Waals surface area contributed by atoms with Crippen molar-refractivity contribution in [1.29, 1.82) is 0 Å². The Balaban J connectivity index is 1.33. The average molecular weight is 449 g/mol. The lowest BCUT2D eigenvalue weighted by molar-refractivity contribution is -0.125. The highest BCUT2D eigenvalue weighted by Crippen LogP contribution is 2.42. The largest absolute Gasteiger partial charge is 0.457 e. The second-order valence-electron chi connectivity index (χ2n) is 9.01. The van der Waals surface area contributed by atoms with Crippen molar-refractivity contribution in [2.24, 2.45) is 0 Å². The van der Waals surface area contributed by atoms with Crippen LogP contribution in [-0.2, 0) is 11.3 Å². The van der Waals surface area contributed by atoms with Crippen molar-refractivity contribution in [3.8, 4) is 11.5 Å². The second-order valence-corrected chi connectivity index (χ2v) is 9.01. The van der Waals surface area contributed by atoms with Gasteiger partial charge >= 0.3 is 0 Å². The zero-order chi connectivity index (χ0) is 22.8. The van der Waals surface area contributed by atoms with Gasteiger partial charge in [-0.1, -0.05) is 36.4 Å². The number of hydrogen-bond acceptors (Lipinski definition) is 3. The number of benzene rings is 3. The third-order valence-electron chi connectivity index (χ3n) is 6.68. The molecule has 3 aromatic rings. The summed E-state index contributed by atoms with van der Waals surface area (Å²) in [6, 6.07) is 21.7. The van der Waals surface area contributed by atoms with E-state index in [1.165, 1.54) is 12.1 Å². The summed E-state index contributed by atoms with van der Waals surface area (Å²) >= 11 is 0. The minimum Gasteiger partial charge on any atom is -0.457 e. The molecule has 170 valence electrons. The maximum atomic E-state index is 14.0. The number of hydrogen-bond donors (Lipinski definition) is 1. The first-order valence-corrected chi connectivity index (χ1v) is 11.3. The van der Waals surface area contributed by atoms with Crippen molar-refractivity contribution in [2.75, 3.05) is 13.1 Å². The third-order valence-corrected chi connectivity index (χ3v) is 6.68. The molecule has 3 aromatic carbocycles. The molecule has 1 N–H and O–H groups in total. The van der Waals surface area contributed by atoms with Crippen LogP contribution in [0.15, 0.2) is 72.8 Å². The normalized spacial score (nSPS) is 23.0. The highest BCUT2D eigenvalue weighted by atomic mass is 19.2. The van der Waals surface area contributed by atoms with Gasteiger partial charge < -0.3 is 10.1 Å². The van der Waals surface area contributed by atoms with Crippen molar-refractivity contribution in [1.82, 2.24) is 10.2 Å². The van der Waals surface area contributed by atoms with E-state index in [0.717, 1.165) is 35.5 Å². The van der Waals surface area contributed by atoms with Gasteiger partial charge in [-0.25, -0.2) is 8.78 Å². The summed E-state index contributed by atoms with van der Waals surface area (Å²) in [6.45, 7) is 2.03. The maximum Gasteiger partial charge on any atom is 0.220 e. The van der Waals surface area contributed by atoms with Crippen LogP contribution in [0.3, 0.4) is 0 Å². The minimum atomic E-state index is -0.854. The van der Waals surface area contributed by atoms with E-state index >= 15 is 0 Å². The van der Waals surface area contributed by atoms with Crippen LogP contribution < -0.4 is 10.1 Å².